The Balaban J connectivity index is 1.87. The molecule has 0 amide bonds. The zero-order valence-electron chi connectivity index (χ0n) is 11.4. The average molecular weight is 352 g/mol. The second-order valence-corrected chi connectivity index (χ2v) is 6.95. The van der Waals surface area contributed by atoms with Crippen molar-refractivity contribution in [2.24, 2.45) is 10.7 Å². The molecule has 0 bridgehead atoms. The van der Waals surface area contributed by atoms with Crippen molar-refractivity contribution in [2.75, 3.05) is 11.9 Å². The molecule has 0 aliphatic rings. The molecule has 0 saturated carbocycles. The summed E-state index contributed by atoms with van der Waals surface area (Å²) < 4.78 is 1.15. The van der Waals surface area contributed by atoms with Crippen LogP contribution in [-0.2, 0) is 12.8 Å². The first-order valence-electron chi connectivity index (χ1n) is 6.57. The summed E-state index contributed by atoms with van der Waals surface area (Å²) in [7, 11) is 0. The molecule has 0 radical (unpaired) electrons. The standard InChI is InChI=1S/C15H18BrN3S/c1-2-11-4-3-5-12(10-11)19-15(17)18-9-8-13-6-7-14(16)20-13/h3-7,10H,2,8-9H2,1H3,(H3,17,18,19). The topological polar surface area (TPSA) is 50.4 Å². The molecule has 0 spiro atoms. The second-order valence-electron chi connectivity index (χ2n) is 4.40. The van der Waals surface area contributed by atoms with Crippen LogP contribution in [0.2, 0.25) is 0 Å². The molecule has 0 unspecified atom stereocenters. The summed E-state index contributed by atoms with van der Waals surface area (Å²) in [4.78, 5) is 5.66. The largest absolute Gasteiger partial charge is 0.370 e. The molecule has 106 valence electrons. The predicted molar refractivity (Wildman–Crippen MR) is 91.7 cm³/mol. The summed E-state index contributed by atoms with van der Waals surface area (Å²) in [6, 6.07) is 12.4. The van der Waals surface area contributed by atoms with E-state index in [-0.39, 0.29) is 0 Å². The quantitative estimate of drug-likeness (QED) is 0.630. The van der Waals surface area contributed by atoms with E-state index in [0.717, 1.165) is 22.3 Å². The van der Waals surface area contributed by atoms with Crippen LogP contribution < -0.4 is 11.1 Å². The average Bonchev–Trinajstić information content (AvgIpc) is 2.84. The van der Waals surface area contributed by atoms with Gasteiger partial charge in [-0.3, -0.25) is 4.99 Å². The summed E-state index contributed by atoms with van der Waals surface area (Å²) in [5.41, 5.74) is 8.17. The maximum absolute atomic E-state index is 5.90. The van der Waals surface area contributed by atoms with Gasteiger partial charge in [0.15, 0.2) is 5.96 Å². The van der Waals surface area contributed by atoms with Gasteiger partial charge in [-0.05, 0) is 52.2 Å². The van der Waals surface area contributed by atoms with E-state index in [1.54, 1.807) is 11.3 Å². The van der Waals surface area contributed by atoms with E-state index >= 15 is 0 Å². The number of anilines is 1. The number of hydrogen-bond donors (Lipinski definition) is 2. The van der Waals surface area contributed by atoms with Crippen molar-refractivity contribution < 1.29 is 0 Å². The monoisotopic (exact) mass is 351 g/mol. The fourth-order valence-electron chi connectivity index (χ4n) is 1.83. The molecular formula is C15H18BrN3S. The molecule has 2 rings (SSSR count). The van der Waals surface area contributed by atoms with Crippen molar-refractivity contribution in [3.05, 3.63) is 50.6 Å². The SMILES string of the molecule is CCc1cccc(NC(N)=NCCc2ccc(Br)s2)c1. The van der Waals surface area contributed by atoms with Crippen LogP contribution in [0.15, 0.2) is 45.2 Å². The number of rotatable bonds is 5. The van der Waals surface area contributed by atoms with Gasteiger partial charge in [0.1, 0.15) is 0 Å². The number of halogens is 1. The smallest absolute Gasteiger partial charge is 0.193 e. The molecule has 3 nitrogen and oxygen atoms in total. The third-order valence-corrected chi connectivity index (χ3v) is 4.56. The van der Waals surface area contributed by atoms with Gasteiger partial charge < -0.3 is 11.1 Å². The fraction of sp³-hybridized carbons (Fsp3) is 0.267. The predicted octanol–water partition coefficient (Wildman–Crippen LogP) is 4.04. The van der Waals surface area contributed by atoms with Gasteiger partial charge in [0.25, 0.3) is 0 Å². The van der Waals surface area contributed by atoms with Crippen molar-refractivity contribution in [3.8, 4) is 0 Å². The Morgan fingerprint density at radius 3 is 2.90 bits per heavy atom. The van der Waals surface area contributed by atoms with Crippen LogP contribution in [0.5, 0.6) is 0 Å². The Hall–Kier alpha value is -1.33. The number of nitrogens with two attached hydrogens (primary N) is 1. The van der Waals surface area contributed by atoms with Gasteiger partial charge in [0.05, 0.1) is 3.79 Å². The number of aryl methyl sites for hydroxylation is 1. The summed E-state index contributed by atoms with van der Waals surface area (Å²) in [5, 5.41) is 3.13. The summed E-state index contributed by atoms with van der Waals surface area (Å²) in [5.74, 6) is 0.467. The van der Waals surface area contributed by atoms with Gasteiger partial charge in [0.2, 0.25) is 0 Å². The minimum absolute atomic E-state index is 0.467. The van der Waals surface area contributed by atoms with Gasteiger partial charge in [-0.2, -0.15) is 0 Å². The zero-order chi connectivity index (χ0) is 14.4. The first kappa shape index (κ1) is 15.1. The number of aliphatic imine (C=N–C) groups is 1. The van der Waals surface area contributed by atoms with E-state index < -0.39 is 0 Å². The van der Waals surface area contributed by atoms with Crippen LogP contribution in [0.4, 0.5) is 5.69 Å². The van der Waals surface area contributed by atoms with Crippen LogP contribution in [0.1, 0.15) is 17.4 Å². The Kier molecular flexibility index (Phi) is 5.61. The molecule has 0 aliphatic heterocycles. The lowest BCUT2D eigenvalue weighted by Gasteiger charge is -2.06. The maximum atomic E-state index is 5.90. The van der Waals surface area contributed by atoms with Crippen LogP contribution in [0, 0.1) is 0 Å². The molecule has 1 aromatic carbocycles. The summed E-state index contributed by atoms with van der Waals surface area (Å²) in [6.07, 6.45) is 1.92. The molecule has 5 heteroatoms. The molecule has 3 N–H and O–H groups in total. The number of benzene rings is 1. The molecule has 0 atom stereocenters. The van der Waals surface area contributed by atoms with Gasteiger partial charge in [-0.1, -0.05) is 19.1 Å². The minimum atomic E-state index is 0.467. The maximum Gasteiger partial charge on any atom is 0.193 e. The van der Waals surface area contributed by atoms with Gasteiger partial charge in [0, 0.05) is 23.5 Å². The van der Waals surface area contributed by atoms with Gasteiger partial charge in [-0.25, -0.2) is 0 Å². The van der Waals surface area contributed by atoms with Gasteiger partial charge >= 0.3 is 0 Å². The van der Waals surface area contributed by atoms with E-state index in [1.165, 1.54) is 10.4 Å². The first-order chi connectivity index (χ1) is 9.67. The van der Waals surface area contributed by atoms with Crippen LogP contribution >= 0.6 is 27.3 Å². The molecule has 1 heterocycles. The highest BCUT2D eigenvalue weighted by Gasteiger charge is 1.99. The molecule has 0 fully saturated rings. The number of guanidine groups is 1. The third kappa shape index (κ3) is 4.65. The highest BCUT2D eigenvalue weighted by atomic mass is 79.9. The molecule has 20 heavy (non-hydrogen) atoms. The molecule has 0 saturated heterocycles. The van der Waals surface area contributed by atoms with Crippen molar-refractivity contribution in [2.45, 2.75) is 19.8 Å². The van der Waals surface area contributed by atoms with Crippen LogP contribution in [0.3, 0.4) is 0 Å². The van der Waals surface area contributed by atoms with E-state index in [4.69, 9.17) is 5.73 Å². The van der Waals surface area contributed by atoms with Crippen molar-refractivity contribution in [3.63, 3.8) is 0 Å². The minimum Gasteiger partial charge on any atom is -0.370 e. The van der Waals surface area contributed by atoms with Crippen LogP contribution in [0.25, 0.3) is 0 Å². The Labute approximate surface area is 132 Å². The zero-order valence-corrected chi connectivity index (χ0v) is 13.8. The second kappa shape index (κ2) is 7.45. The number of nitrogens with zero attached hydrogens (tertiary/aromatic N) is 1. The number of hydrogen-bond acceptors (Lipinski definition) is 2. The molecular weight excluding hydrogens is 334 g/mol. The molecule has 2 aromatic rings. The Morgan fingerprint density at radius 1 is 1.35 bits per heavy atom. The number of thiophene rings is 1. The van der Waals surface area contributed by atoms with Crippen molar-refractivity contribution in [1.82, 2.24) is 0 Å². The lowest BCUT2D eigenvalue weighted by molar-refractivity contribution is 0.983. The van der Waals surface area contributed by atoms with Crippen molar-refractivity contribution in [1.29, 1.82) is 0 Å². The van der Waals surface area contributed by atoms with E-state index in [2.05, 4.69) is 57.4 Å². The number of nitrogens with one attached hydrogen (secondary N) is 1. The van der Waals surface area contributed by atoms with E-state index in [1.807, 2.05) is 12.1 Å². The molecule has 0 aliphatic carbocycles. The highest BCUT2D eigenvalue weighted by Crippen LogP contribution is 2.22. The lowest BCUT2D eigenvalue weighted by Crippen LogP contribution is -2.23. The summed E-state index contributed by atoms with van der Waals surface area (Å²) >= 11 is 5.19. The fourth-order valence-corrected chi connectivity index (χ4v) is 3.30. The summed E-state index contributed by atoms with van der Waals surface area (Å²) in [6.45, 7) is 2.83. The first-order valence-corrected chi connectivity index (χ1v) is 8.18. The van der Waals surface area contributed by atoms with E-state index in [9.17, 15) is 0 Å². The van der Waals surface area contributed by atoms with Crippen molar-refractivity contribution >= 4 is 38.9 Å². The third-order valence-electron chi connectivity index (χ3n) is 2.88. The normalized spacial score (nSPS) is 11.6. The van der Waals surface area contributed by atoms with Crippen LogP contribution in [-0.4, -0.2) is 12.5 Å². The molecule has 1 aromatic heterocycles. The Bertz CT molecular complexity index is 592. The Morgan fingerprint density at radius 2 is 2.20 bits per heavy atom. The van der Waals surface area contributed by atoms with E-state index in [0.29, 0.717) is 12.5 Å². The van der Waals surface area contributed by atoms with Gasteiger partial charge in [-0.15, -0.1) is 11.3 Å². The lowest BCUT2D eigenvalue weighted by atomic mass is 10.1. The highest BCUT2D eigenvalue weighted by molar-refractivity contribution is 9.11.